The Balaban J connectivity index is 1.65. The fraction of sp³-hybridized carbons (Fsp3) is 0.143. The summed E-state index contributed by atoms with van der Waals surface area (Å²) in [5.41, 5.74) is 1.88. The number of hydrogen-bond donors (Lipinski definition) is 1. The summed E-state index contributed by atoms with van der Waals surface area (Å²) >= 11 is 6.70. The number of benzene rings is 2. The second-order valence-corrected chi connectivity index (χ2v) is 8.11. The van der Waals surface area contributed by atoms with E-state index in [0.29, 0.717) is 4.91 Å². The zero-order valence-electron chi connectivity index (χ0n) is 15.0. The minimum Gasteiger partial charge on any atom is -0.300 e. The predicted molar refractivity (Wildman–Crippen MR) is 110 cm³/mol. The van der Waals surface area contributed by atoms with Crippen LogP contribution in [-0.4, -0.2) is 11.1 Å². The number of halogens is 4. The monoisotopic (exact) mass is 434 g/mol. The van der Waals surface area contributed by atoms with Gasteiger partial charge in [-0.3, -0.25) is 4.79 Å². The molecule has 0 spiro atoms. The molecule has 1 saturated heterocycles. The molecule has 3 nitrogen and oxygen atoms in total. The van der Waals surface area contributed by atoms with Crippen molar-refractivity contribution in [1.82, 2.24) is 5.32 Å². The molecule has 1 heterocycles. The molecular weight excluding hydrogens is 421 g/mol. The first-order valence-corrected chi connectivity index (χ1v) is 9.89. The largest absolute Gasteiger partial charge is 0.418 e. The molecule has 1 aliphatic carbocycles. The van der Waals surface area contributed by atoms with Gasteiger partial charge < -0.3 is 5.32 Å². The first kappa shape index (κ1) is 19.8. The van der Waals surface area contributed by atoms with Crippen LogP contribution in [0, 0.1) is 0 Å². The number of thioether (sulfide) groups is 1. The average molecular weight is 435 g/mol. The third kappa shape index (κ3) is 3.97. The van der Waals surface area contributed by atoms with Crippen molar-refractivity contribution in [2.45, 2.75) is 19.0 Å². The SMILES string of the molecule is C[C@H]1C=C(/C=C2\SC(=Nc3ccc(Cl)cc3C(F)(F)F)NC2=O)c2ccccc21. The summed E-state index contributed by atoms with van der Waals surface area (Å²) in [6.07, 6.45) is -0.802. The number of rotatable bonds is 2. The van der Waals surface area contributed by atoms with E-state index in [4.69, 9.17) is 11.6 Å². The van der Waals surface area contributed by atoms with Gasteiger partial charge in [0.2, 0.25) is 0 Å². The second kappa shape index (κ2) is 7.39. The highest BCUT2D eigenvalue weighted by Gasteiger charge is 2.34. The summed E-state index contributed by atoms with van der Waals surface area (Å²) in [6.45, 7) is 2.07. The number of allylic oxidation sites excluding steroid dienone is 3. The van der Waals surface area contributed by atoms with Crippen LogP contribution in [-0.2, 0) is 11.0 Å². The van der Waals surface area contributed by atoms with Crippen molar-refractivity contribution >= 4 is 45.7 Å². The average Bonchev–Trinajstić information content (AvgIpc) is 3.16. The van der Waals surface area contributed by atoms with Crippen molar-refractivity contribution in [3.63, 3.8) is 0 Å². The normalized spacial score (nSPS) is 21.5. The number of hydrogen-bond acceptors (Lipinski definition) is 3. The summed E-state index contributed by atoms with van der Waals surface area (Å²) in [5.74, 6) is -0.168. The van der Waals surface area contributed by atoms with Crippen LogP contribution in [0.1, 0.15) is 29.5 Å². The molecule has 2 aromatic carbocycles. The van der Waals surface area contributed by atoms with Gasteiger partial charge in [-0.05, 0) is 52.7 Å². The standard InChI is InChI=1S/C21H14ClF3N2OS/c1-11-8-12(15-5-3-2-4-14(11)15)9-18-19(28)27-20(29-18)26-17-7-6-13(22)10-16(17)21(23,24)25/h2-11H,1H3,(H,26,27,28)/b18-9-/t11-/m0/s1. The Bertz CT molecular complexity index is 1110. The molecule has 0 radical (unpaired) electrons. The lowest BCUT2D eigenvalue weighted by atomic mass is 10.0. The van der Waals surface area contributed by atoms with Gasteiger partial charge in [-0.1, -0.05) is 48.9 Å². The fourth-order valence-electron chi connectivity index (χ4n) is 3.30. The molecule has 1 aliphatic heterocycles. The minimum absolute atomic E-state index is 0.0362. The highest BCUT2D eigenvalue weighted by Crippen LogP contribution is 2.40. The molecule has 1 amide bonds. The van der Waals surface area contributed by atoms with Crippen molar-refractivity contribution < 1.29 is 18.0 Å². The maximum atomic E-state index is 13.3. The zero-order valence-corrected chi connectivity index (χ0v) is 16.6. The van der Waals surface area contributed by atoms with Gasteiger partial charge in [-0.25, -0.2) is 4.99 Å². The van der Waals surface area contributed by atoms with Gasteiger partial charge in [-0.2, -0.15) is 13.2 Å². The smallest absolute Gasteiger partial charge is 0.300 e. The third-order valence-corrected chi connectivity index (χ3v) is 5.76. The van der Waals surface area contributed by atoms with E-state index < -0.39 is 17.6 Å². The Morgan fingerprint density at radius 1 is 1.21 bits per heavy atom. The molecule has 148 valence electrons. The number of amides is 1. The van der Waals surface area contributed by atoms with E-state index in [2.05, 4.69) is 23.3 Å². The van der Waals surface area contributed by atoms with E-state index in [1.165, 1.54) is 17.7 Å². The fourth-order valence-corrected chi connectivity index (χ4v) is 4.29. The molecule has 0 aromatic heterocycles. The molecule has 4 rings (SSSR count). The Labute approximate surface area is 174 Å². The molecular formula is C21H14ClF3N2OS. The predicted octanol–water partition coefficient (Wildman–Crippen LogP) is 6.29. The van der Waals surface area contributed by atoms with Gasteiger partial charge in [0, 0.05) is 10.9 Å². The third-order valence-electron chi connectivity index (χ3n) is 4.62. The number of nitrogens with one attached hydrogen (secondary N) is 1. The topological polar surface area (TPSA) is 41.5 Å². The van der Waals surface area contributed by atoms with Crippen LogP contribution in [0.4, 0.5) is 18.9 Å². The minimum atomic E-state index is -4.61. The lowest BCUT2D eigenvalue weighted by Crippen LogP contribution is -2.19. The van der Waals surface area contributed by atoms with Crippen LogP contribution in [0.3, 0.4) is 0 Å². The first-order chi connectivity index (χ1) is 13.7. The van der Waals surface area contributed by atoms with Crippen LogP contribution in [0.25, 0.3) is 5.57 Å². The van der Waals surface area contributed by atoms with Gasteiger partial charge >= 0.3 is 6.18 Å². The molecule has 1 fully saturated rings. The Morgan fingerprint density at radius 2 is 1.97 bits per heavy atom. The first-order valence-electron chi connectivity index (χ1n) is 8.70. The number of carbonyl (C=O) groups is 1. The van der Waals surface area contributed by atoms with Crippen LogP contribution in [0.2, 0.25) is 5.02 Å². The van der Waals surface area contributed by atoms with E-state index in [1.54, 1.807) is 6.08 Å². The number of fused-ring (bicyclic) bond motifs is 1. The highest BCUT2D eigenvalue weighted by atomic mass is 35.5. The number of carbonyl (C=O) groups excluding carboxylic acids is 1. The van der Waals surface area contributed by atoms with Gasteiger partial charge in [0.05, 0.1) is 16.2 Å². The summed E-state index contributed by atoms with van der Waals surface area (Å²) in [7, 11) is 0. The lowest BCUT2D eigenvalue weighted by molar-refractivity contribution is -0.137. The van der Waals surface area contributed by atoms with Crippen molar-refractivity contribution in [2.75, 3.05) is 0 Å². The van der Waals surface area contributed by atoms with E-state index in [1.807, 2.05) is 24.3 Å². The number of aliphatic imine (C=N–C) groups is 1. The maximum absolute atomic E-state index is 13.3. The van der Waals surface area contributed by atoms with Crippen LogP contribution in [0.15, 0.2) is 64.5 Å². The molecule has 0 unspecified atom stereocenters. The molecule has 1 N–H and O–H groups in total. The van der Waals surface area contributed by atoms with Crippen molar-refractivity contribution in [3.05, 3.63) is 81.2 Å². The van der Waals surface area contributed by atoms with Crippen LogP contribution >= 0.6 is 23.4 Å². The molecule has 2 aliphatic rings. The number of nitrogens with zero attached hydrogens (tertiary/aromatic N) is 1. The lowest BCUT2D eigenvalue weighted by Gasteiger charge is -2.10. The summed E-state index contributed by atoms with van der Waals surface area (Å²) in [4.78, 5) is 16.7. The molecule has 0 saturated carbocycles. The van der Waals surface area contributed by atoms with E-state index >= 15 is 0 Å². The van der Waals surface area contributed by atoms with Crippen LogP contribution < -0.4 is 5.32 Å². The second-order valence-electron chi connectivity index (χ2n) is 6.64. The zero-order chi connectivity index (χ0) is 20.8. The quantitative estimate of drug-likeness (QED) is 0.564. The van der Waals surface area contributed by atoms with Gasteiger partial charge in [0.15, 0.2) is 5.17 Å². The van der Waals surface area contributed by atoms with E-state index in [-0.39, 0.29) is 21.8 Å². The van der Waals surface area contributed by atoms with Crippen molar-refractivity contribution in [1.29, 1.82) is 0 Å². The summed E-state index contributed by atoms with van der Waals surface area (Å²) in [6, 6.07) is 11.2. The van der Waals surface area contributed by atoms with Crippen molar-refractivity contribution in [3.8, 4) is 0 Å². The molecule has 8 heteroatoms. The summed E-state index contributed by atoms with van der Waals surface area (Å²) in [5, 5.41) is 2.59. The van der Waals surface area contributed by atoms with Crippen molar-refractivity contribution in [2.24, 2.45) is 4.99 Å². The maximum Gasteiger partial charge on any atom is 0.418 e. The molecule has 0 bridgehead atoms. The summed E-state index contributed by atoms with van der Waals surface area (Å²) < 4.78 is 39.8. The number of amidine groups is 1. The highest BCUT2D eigenvalue weighted by molar-refractivity contribution is 8.18. The Morgan fingerprint density at radius 3 is 2.72 bits per heavy atom. The van der Waals surface area contributed by atoms with Gasteiger partial charge in [-0.15, -0.1) is 0 Å². The van der Waals surface area contributed by atoms with E-state index in [0.717, 1.165) is 29.0 Å². The Hall–Kier alpha value is -2.51. The Kier molecular flexibility index (Phi) is 5.04. The van der Waals surface area contributed by atoms with Gasteiger partial charge in [0.25, 0.3) is 5.91 Å². The van der Waals surface area contributed by atoms with Gasteiger partial charge in [0.1, 0.15) is 0 Å². The number of alkyl halides is 3. The molecule has 29 heavy (non-hydrogen) atoms. The molecule has 2 aromatic rings. The van der Waals surface area contributed by atoms with Crippen LogP contribution in [0.5, 0.6) is 0 Å². The molecule has 1 atom stereocenters. The van der Waals surface area contributed by atoms with E-state index in [9.17, 15) is 18.0 Å².